The van der Waals surface area contributed by atoms with Gasteiger partial charge in [-0.3, -0.25) is 5.32 Å². The monoisotopic (exact) mass is 334 g/mol. The van der Waals surface area contributed by atoms with Crippen LogP contribution in [-0.4, -0.2) is 31.8 Å². The molecule has 1 aliphatic rings. The maximum atomic E-state index is 12.1. The van der Waals surface area contributed by atoms with Crippen LogP contribution in [0.2, 0.25) is 0 Å². The number of aryl methyl sites for hydroxylation is 1. The van der Waals surface area contributed by atoms with Gasteiger partial charge in [0.25, 0.3) is 0 Å². The van der Waals surface area contributed by atoms with Crippen LogP contribution in [0.1, 0.15) is 38.7 Å². The van der Waals surface area contributed by atoms with E-state index in [2.05, 4.69) is 46.5 Å². The molecule has 0 fully saturated rings. The number of amides is 2. The summed E-state index contributed by atoms with van der Waals surface area (Å²) in [5, 5.41) is 12.6. The van der Waals surface area contributed by atoms with Crippen LogP contribution in [-0.2, 0) is 19.4 Å². The average Bonchev–Trinajstić information content (AvgIpc) is 3.05. The molecule has 3 heterocycles. The van der Waals surface area contributed by atoms with E-state index in [-0.39, 0.29) is 17.5 Å². The van der Waals surface area contributed by atoms with Crippen molar-refractivity contribution < 1.29 is 4.79 Å². The second kappa shape index (κ2) is 6.27. The van der Waals surface area contributed by atoms with Crippen LogP contribution in [0, 0.1) is 5.41 Å². The lowest BCUT2D eigenvalue weighted by molar-refractivity contribution is 0.243. The lowest BCUT2D eigenvalue weighted by Gasteiger charge is -2.23. The Morgan fingerprint density at radius 3 is 3.09 bits per heavy atom. The zero-order valence-electron chi connectivity index (χ0n) is 13.7. The molecule has 0 spiro atoms. The summed E-state index contributed by atoms with van der Waals surface area (Å²) in [7, 11) is 0. The third-order valence-corrected chi connectivity index (χ3v) is 4.43. The first-order valence-corrected chi connectivity index (χ1v) is 8.66. The highest BCUT2D eigenvalue weighted by Crippen LogP contribution is 2.24. The molecule has 2 N–H and O–H groups in total. The van der Waals surface area contributed by atoms with Gasteiger partial charge in [-0.05, 0) is 18.3 Å². The van der Waals surface area contributed by atoms with Crippen LogP contribution >= 0.6 is 11.3 Å². The third-order valence-electron chi connectivity index (χ3n) is 3.62. The van der Waals surface area contributed by atoms with Gasteiger partial charge in [-0.15, -0.1) is 11.3 Å². The molecule has 7 nitrogen and oxygen atoms in total. The highest BCUT2D eigenvalue weighted by atomic mass is 32.1. The molecule has 2 aromatic rings. The molecule has 0 saturated carbocycles. The predicted molar refractivity (Wildman–Crippen MR) is 89.6 cm³/mol. The number of thiazole rings is 1. The van der Waals surface area contributed by atoms with Crippen LogP contribution < -0.4 is 10.6 Å². The van der Waals surface area contributed by atoms with Gasteiger partial charge in [0.2, 0.25) is 0 Å². The number of hydrogen-bond donors (Lipinski definition) is 2. The molecule has 23 heavy (non-hydrogen) atoms. The maximum Gasteiger partial charge on any atom is 0.321 e. The van der Waals surface area contributed by atoms with E-state index < -0.39 is 0 Å². The van der Waals surface area contributed by atoms with Crippen molar-refractivity contribution >= 4 is 22.5 Å². The summed E-state index contributed by atoms with van der Waals surface area (Å²) in [6.07, 6.45) is 4.16. The van der Waals surface area contributed by atoms with Crippen LogP contribution in [0.15, 0.2) is 11.7 Å². The van der Waals surface area contributed by atoms with Gasteiger partial charge in [-0.25, -0.2) is 19.4 Å². The number of anilines is 1. The van der Waals surface area contributed by atoms with Gasteiger partial charge in [-0.2, -0.15) is 5.10 Å². The molecule has 0 aromatic carbocycles. The highest BCUT2D eigenvalue weighted by Gasteiger charge is 2.21. The van der Waals surface area contributed by atoms with Crippen molar-refractivity contribution in [3.8, 4) is 0 Å². The normalized spacial score (nSPS) is 17.6. The Morgan fingerprint density at radius 2 is 2.30 bits per heavy atom. The average molecular weight is 334 g/mol. The number of urea groups is 1. The van der Waals surface area contributed by atoms with Crippen LogP contribution in [0.4, 0.5) is 9.93 Å². The van der Waals surface area contributed by atoms with E-state index in [1.54, 1.807) is 6.33 Å². The number of fused-ring (bicyclic) bond motifs is 1. The fourth-order valence-corrected chi connectivity index (χ4v) is 3.37. The number of aromatic nitrogens is 4. The molecule has 1 atom stereocenters. The second-order valence-corrected chi connectivity index (χ2v) is 7.93. The van der Waals surface area contributed by atoms with Crippen molar-refractivity contribution in [2.45, 2.75) is 52.6 Å². The quantitative estimate of drug-likeness (QED) is 0.903. The van der Waals surface area contributed by atoms with E-state index in [0.29, 0.717) is 11.7 Å². The standard InChI is InChI=1S/C15H22N6OS/c1-15(2,3)6-11-8-23-14(19-11)20-13(22)18-10-4-5-12-16-9-17-21(12)7-10/h8-10H,4-7H2,1-3H3,(H2,18,19,20,22)/t10-/m1/s1. The van der Waals surface area contributed by atoms with Crippen molar-refractivity contribution in [3.05, 3.63) is 23.2 Å². The van der Waals surface area contributed by atoms with Crippen molar-refractivity contribution in [3.63, 3.8) is 0 Å². The van der Waals surface area contributed by atoms with E-state index in [1.807, 2.05) is 10.1 Å². The summed E-state index contributed by atoms with van der Waals surface area (Å²) in [5.41, 5.74) is 1.20. The summed E-state index contributed by atoms with van der Waals surface area (Å²) in [6, 6.07) is -0.145. The van der Waals surface area contributed by atoms with E-state index in [1.165, 1.54) is 11.3 Å². The minimum atomic E-state index is -0.213. The zero-order valence-corrected chi connectivity index (χ0v) is 14.5. The third kappa shape index (κ3) is 4.28. The Bertz CT molecular complexity index is 686. The molecule has 2 aromatic heterocycles. The molecular weight excluding hydrogens is 312 g/mol. The number of hydrogen-bond acceptors (Lipinski definition) is 5. The Kier molecular flexibility index (Phi) is 4.34. The number of carbonyl (C=O) groups is 1. The Labute approximate surface area is 139 Å². The molecule has 0 aliphatic carbocycles. The van der Waals surface area contributed by atoms with Gasteiger partial charge in [0.05, 0.1) is 18.3 Å². The summed E-state index contributed by atoms with van der Waals surface area (Å²) in [6.45, 7) is 7.19. The maximum absolute atomic E-state index is 12.1. The topological polar surface area (TPSA) is 84.7 Å². The van der Waals surface area contributed by atoms with Gasteiger partial charge in [0, 0.05) is 11.8 Å². The SMILES string of the molecule is CC(C)(C)Cc1csc(NC(=O)N[C@@H]2CCc3ncnn3C2)n1. The fourth-order valence-electron chi connectivity index (χ4n) is 2.66. The molecule has 3 rings (SSSR count). The molecule has 0 bridgehead atoms. The molecule has 0 unspecified atom stereocenters. The number of carbonyl (C=O) groups excluding carboxylic acids is 1. The van der Waals surface area contributed by atoms with E-state index in [9.17, 15) is 4.79 Å². The molecule has 1 aliphatic heterocycles. The fraction of sp³-hybridized carbons (Fsp3) is 0.600. The lowest BCUT2D eigenvalue weighted by Crippen LogP contribution is -2.43. The summed E-state index contributed by atoms with van der Waals surface area (Å²) in [5.74, 6) is 0.982. The minimum absolute atomic E-state index is 0.0678. The smallest absolute Gasteiger partial charge is 0.321 e. The van der Waals surface area contributed by atoms with Crippen LogP contribution in [0.25, 0.3) is 0 Å². The number of nitrogens with zero attached hydrogens (tertiary/aromatic N) is 4. The summed E-state index contributed by atoms with van der Waals surface area (Å²) in [4.78, 5) is 20.8. The van der Waals surface area contributed by atoms with E-state index in [0.717, 1.165) is 30.8 Å². The molecule has 124 valence electrons. The van der Waals surface area contributed by atoms with Gasteiger partial charge in [0.15, 0.2) is 5.13 Å². The van der Waals surface area contributed by atoms with Gasteiger partial charge in [-0.1, -0.05) is 20.8 Å². The molecule has 0 saturated heterocycles. The van der Waals surface area contributed by atoms with Crippen molar-refractivity contribution in [1.82, 2.24) is 25.1 Å². The highest BCUT2D eigenvalue weighted by molar-refractivity contribution is 7.13. The molecule has 0 radical (unpaired) electrons. The first-order chi connectivity index (χ1) is 10.9. The Morgan fingerprint density at radius 1 is 1.48 bits per heavy atom. The first-order valence-electron chi connectivity index (χ1n) is 7.78. The summed E-state index contributed by atoms with van der Waals surface area (Å²) < 4.78 is 1.85. The van der Waals surface area contributed by atoms with E-state index >= 15 is 0 Å². The lowest BCUT2D eigenvalue weighted by atomic mass is 9.91. The van der Waals surface area contributed by atoms with Gasteiger partial charge in [0.1, 0.15) is 12.2 Å². The molecule has 2 amide bonds. The summed E-state index contributed by atoms with van der Waals surface area (Å²) >= 11 is 1.46. The number of nitrogens with one attached hydrogen (secondary N) is 2. The predicted octanol–water partition coefficient (Wildman–Crippen LogP) is 2.46. The van der Waals surface area contributed by atoms with Crippen molar-refractivity contribution in [2.24, 2.45) is 5.41 Å². The van der Waals surface area contributed by atoms with Crippen molar-refractivity contribution in [2.75, 3.05) is 5.32 Å². The Hall–Kier alpha value is -1.96. The second-order valence-electron chi connectivity index (χ2n) is 7.07. The Balaban J connectivity index is 1.52. The first kappa shape index (κ1) is 15.9. The van der Waals surface area contributed by atoms with Crippen LogP contribution in [0.5, 0.6) is 0 Å². The van der Waals surface area contributed by atoms with E-state index in [4.69, 9.17) is 0 Å². The van der Waals surface area contributed by atoms with Crippen molar-refractivity contribution in [1.29, 1.82) is 0 Å². The molecule has 8 heteroatoms. The van der Waals surface area contributed by atoms with Crippen LogP contribution in [0.3, 0.4) is 0 Å². The molecular formula is C15H22N6OS. The minimum Gasteiger partial charge on any atom is -0.333 e. The van der Waals surface area contributed by atoms with Gasteiger partial charge < -0.3 is 5.32 Å². The zero-order chi connectivity index (χ0) is 16.4. The van der Waals surface area contributed by atoms with Gasteiger partial charge >= 0.3 is 6.03 Å². The number of rotatable bonds is 3. The largest absolute Gasteiger partial charge is 0.333 e.